The molecule has 0 bridgehead atoms. The van der Waals surface area contributed by atoms with E-state index in [9.17, 15) is 13.5 Å². The molecule has 0 aliphatic carbocycles. The lowest BCUT2D eigenvalue weighted by molar-refractivity contribution is 0.113. The van der Waals surface area contributed by atoms with Gasteiger partial charge < -0.3 is 10.1 Å². The van der Waals surface area contributed by atoms with Crippen molar-refractivity contribution in [3.8, 4) is 22.6 Å². The first-order chi connectivity index (χ1) is 14.4. The average Bonchev–Trinajstić information content (AvgIpc) is 3.24. The maximum Gasteiger partial charge on any atom is 0.244 e. The Labute approximate surface area is 181 Å². The maximum absolute atomic E-state index is 13.1. The van der Waals surface area contributed by atoms with E-state index in [-0.39, 0.29) is 23.0 Å². The fourth-order valence-corrected chi connectivity index (χ4v) is 5.57. The van der Waals surface area contributed by atoms with Gasteiger partial charge in [0.15, 0.2) is 0 Å². The van der Waals surface area contributed by atoms with E-state index in [2.05, 4.69) is 29.0 Å². The van der Waals surface area contributed by atoms with Crippen LogP contribution in [0.15, 0.2) is 53.6 Å². The highest BCUT2D eigenvalue weighted by molar-refractivity contribution is 7.89. The van der Waals surface area contributed by atoms with Gasteiger partial charge in [-0.3, -0.25) is 0 Å². The number of halogens is 1. The third kappa shape index (κ3) is 4.16. The first-order valence-corrected chi connectivity index (χ1v) is 11.8. The molecule has 1 aromatic heterocycles. The molecule has 1 saturated heterocycles. The van der Waals surface area contributed by atoms with Crippen LogP contribution in [0.3, 0.4) is 0 Å². The number of aliphatic hydroxyl groups excluding tert-OH is 1. The Morgan fingerprint density at radius 3 is 2.47 bits per heavy atom. The normalized spacial score (nSPS) is 16.1. The number of hydrogen-bond donors (Lipinski definition) is 2. The predicted molar refractivity (Wildman–Crippen MR) is 118 cm³/mol. The van der Waals surface area contributed by atoms with Crippen molar-refractivity contribution in [3.05, 3.63) is 59.2 Å². The number of rotatable bonds is 5. The molecule has 158 valence electrons. The van der Waals surface area contributed by atoms with Gasteiger partial charge in [0.25, 0.3) is 0 Å². The molecule has 0 unspecified atom stereocenters. The van der Waals surface area contributed by atoms with Gasteiger partial charge in [-0.25, -0.2) is 13.4 Å². The van der Waals surface area contributed by atoms with Gasteiger partial charge in [0.2, 0.25) is 10.0 Å². The van der Waals surface area contributed by atoms with E-state index in [1.165, 1.54) is 9.87 Å². The SMILES string of the molecule is CCc1ccc(-c2cnc(-c3ccc(Cl)c(S(=O)(=O)N4CCC(O)CC4)c3)[nH]2)cc1. The Morgan fingerprint density at radius 1 is 1.13 bits per heavy atom. The Balaban J connectivity index is 1.64. The zero-order chi connectivity index (χ0) is 21.3. The van der Waals surface area contributed by atoms with Gasteiger partial charge in [0.1, 0.15) is 10.7 Å². The number of hydrogen-bond acceptors (Lipinski definition) is 4. The molecule has 0 saturated carbocycles. The van der Waals surface area contributed by atoms with E-state index in [4.69, 9.17) is 11.6 Å². The summed E-state index contributed by atoms with van der Waals surface area (Å²) in [5.74, 6) is 0.576. The number of benzene rings is 2. The number of aliphatic hydroxyl groups is 1. The number of imidazole rings is 1. The monoisotopic (exact) mass is 445 g/mol. The number of aromatic nitrogens is 2. The third-order valence-electron chi connectivity index (χ3n) is 5.49. The summed E-state index contributed by atoms with van der Waals surface area (Å²) in [7, 11) is -3.75. The smallest absolute Gasteiger partial charge is 0.244 e. The number of nitrogens with zero attached hydrogens (tertiary/aromatic N) is 2. The minimum absolute atomic E-state index is 0.0586. The summed E-state index contributed by atoms with van der Waals surface area (Å²) in [6, 6.07) is 13.1. The molecular formula is C22H24ClN3O3S. The van der Waals surface area contributed by atoms with Crippen molar-refractivity contribution >= 4 is 21.6 Å². The molecule has 4 rings (SSSR count). The van der Waals surface area contributed by atoms with Gasteiger partial charge in [-0.15, -0.1) is 0 Å². The van der Waals surface area contributed by atoms with Gasteiger partial charge in [-0.1, -0.05) is 42.8 Å². The highest BCUT2D eigenvalue weighted by Crippen LogP contribution is 2.31. The van der Waals surface area contributed by atoms with Crippen molar-refractivity contribution in [2.24, 2.45) is 0 Å². The van der Waals surface area contributed by atoms with Gasteiger partial charge in [0.05, 0.1) is 23.0 Å². The van der Waals surface area contributed by atoms with Crippen molar-refractivity contribution in [1.29, 1.82) is 0 Å². The fourth-order valence-electron chi connectivity index (χ4n) is 3.60. The molecule has 3 aromatic rings. The summed E-state index contributed by atoms with van der Waals surface area (Å²) in [5, 5.41) is 9.85. The molecule has 1 fully saturated rings. The summed E-state index contributed by atoms with van der Waals surface area (Å²) < 4.78 is 27.6. The Morgan fingerprint density at radius 2 is 1.80 bits per heavy atom. The zero-order valence-corrected chi connectivity index (χ0v) is 18.2. The Hall–Kier alpha value is -2.19. The number of nitrogens with one attached hydrogen (secondary N) is 1. The standard InChI is InChI=1S/C22H24ClN3O3S/c1-2-15-3-5-16(6-4-15)20-14-24-22(25-20)17-7-8-19(23)21(13-17)30(28,29)26-11-9-18(27)10-12-26/h3-8,13-14,18,27H,2,9-12H2,1H3,(H,24,25). The predicted octanol–water partition coefficient (Wildman–Crippen LogP) is 4.10. The highest BCUT2D eigenvalue weighted by Gasteiger charge is 2.30. The molecule has 1 aliphatic heterocycles. The van der Waals surface area contributed by atoms with E-state index in [0.29, 0.717) is 24.2 Å². The molecule has 0 amide bonds. The lowest BCUT2D eigenvalue weighted by Gasteiger charge is -2.29. The van der Waals surface area contributed by atoms with Crippen LogP contribution in [-0.2, 0) is 16.4 Å². The van der Waals surface area contributed by atoms with Crippen molar-refractivity contribution in [3.63, 3.8) is 0 Å². The minimum Gasteiger partial charge on any atom is -0.393 e. The van der Waals surface area contributed by atoms with E-state index in [1.807, 2.05) is 12.1 Å². The van der Waals surface area contributed by atoms with E-state index >= 15 is 0 Å². The molecule has 2 N–H and O–H groups in total. The van der Waals surface area contributed by atoms with E-state index < -0.39 is 16.1 Å². The lowest BCUT2D eigenvalue weighted by Crippen LogP contribution is -2.40. The first kappa shape index (κ1) is 21.1. The number of H-pyrrole nitrogens is 1. The van der Waals surface area contributed by atoms with E-state index in [0.717, 1.165) is 17.7 Å². The van der Waals surface area contributed by atoms with Crippen LogP contribution in [0.25, 0.3) is 22.6 Å². The molecule has 2 aromatic carbocycles. The number of aryl methyl sites for hydroxylation is 1. The van der Waals surface area contributed by atoms with Crippen molar-refractivity contribution in [2.45, 2.75) is 37.2 Å². The maximum atomic E-state index is 13.1. The van der Waals surface area contributed by atoms with Gasteiger partial charge in [-0.05, 0) is 48.6 Å². The van der Waals surface area contributed by atoms with Crippen LogP contribution in [0.1, 0.15) is 25.3 Å². The van der Waals surface area contributed by atoms with Crippen molar-refractivity contribution < 1.29 is 13.5 Å². The number of aromatic amines is 1. The van der Waals surface area contributed by atoms with Crippen molar-refractivity contribution in [1.82, 2.24) is 14.3 Å². The topological polar surface area (TPSA) is 86.3 Å². The zero-order valence-electron chi connectivity index (χ0n) is 16.7. The Bertz CT molecular complexity index is 1130. The second-order valence-electron chi connectivity index (χ2n) is 7.48. The van der Waals surface area contributed by atoms with Crippen LogP contribution in [0.2, 0.25) is 5.02 Å². The fraction of sp³-hybridized carbons (Fsp3) is 0.318. The van der Waals surface area contributed by atoms with Crippen molar-refractivity contribution in [2.75, 3.05) is 13.1 Å². The van der Waals surface area contributed by atoms with Gasteiger partial charge in [-0.2, -0.15) is 4.31 Å². The molecule has 2 heterocycles. The Kier molecular flexibility index (Phi) is 5.97. The molecule has 1 aliphatic rings. The van der Waals surface area contributed by atoms with Crippen LogP contribution in [-0.4, -0.2) is 47.0 Å². The third-order valence-corrected chi connectivity index (χ3v) is 7.88. The van der Waals surface area contributed by atoms with Crippen LogP contribution < -0.4 is 0 Å². The molecule has 0 atom stereocenters. The van der Waals surface area contributed by atoms with Crippen LogP contribution in [0, 0.1) is 0 Å². The van der Waals surface area contributed by atoms with Gasteiger partial charge >= 0.3 is 0 Å². The molecule has 0 spiro atoms. The van der Waals surface area contributed by atoms with Crippen LogP contribution in [0.4, 0.5) is 0 Å². The molecule has 6 nitrogen and oxygen atoms in total. The second-order valence-corrected chi connectivity index (χ2v) is 9.79. The summed E-state index contributed by atoms with van der Waals surface area (Å²) in [6.07, 6.45) is 3.12. The number of sulfonamides is 1. The largest absolute Gasteiger partial charge is 0.393 e. The molecule has 0 radical (unpaired) electrons. The summed E-state index contributed by atoms with van der Waals surface area (Å²) in [4.78, 5) is 7.77. The molecule has 30 heavy (non-hydrogen) atoms. The van der Waals surface area contributed by atoms with Gasteiger partial charge in [0, 0.05) is 18.7 Å². The van der Waals surface area contributed by atoms with E-state index in [1.54, 1.807) is 24.4 Å². The quantitative estimate of drug-likeness (QED) is 0.618. The molecule has 8 heteroatoms. The lowest BCUT2D eigenvalue weighted by atomic mass is 10.1. The summed E-state index contributed by atoms with van der Waals surface area (Å²) in [5.41, 5.74) is 3.78. The number of piperidine rings is 1. The first-order valence-electron chi connectivity index (χ1n) is 10.0. The summed E-state index contributed by atoms with van der Waals surface area (Å²) in [6.45, 7) is 2.67. The van der Waals surface area contributed by atoms with Crippen LogP contribution >= 0.6 is 11.6 Å². The van der Waals surface area contributed by atoms with Crippen LogP contribution in [0.5, 0.6) is 0 Å². The average molecular weight is 446 g/mol. The second kappa shape index (κ2) is 8.51. The highest BCUT2D eigenvalue weighted by atomic mass is 35.5. The molecular weight excluding hydrogens is 422 g/mol. The summed E-state index contributed by atoms with van der Waals surface area (Å²) >= 11 is 6.26. The minimum atomic E-state index is -3.75.